The van der Waals surface area contributed by atoms with Gasteiger partial charge in [0.25, 0.3) is 10.0 Å². The van der Waals surface area contributed by atoms with Crippen LogP contribution in [0.5, 0.6) is 0 Å². The minimum absolute atomic E-state index is 0.227. The lowest BCUT2D eigenvalue weighted by Crippen LogP contribution is -2.11. The van der Waals surface area contributed by atoms with E-state index in [4.69, 9.17) is 17.3 Å². The van der Waals surface area contributed by atoms with Gasteiger partial charge in [0.15, 0.2) is 0 Å². The number of benzene rings is 1. The van der Waals surface area contributed by atoms with Gasteiger partial charge in [0.1, 0.15) is 4.21 Å². The summed E-state index contributed by atoms with van der Waals surface area (Å²) in [7, 11) is -3.61. The summed E-state index contributed by atoms with van der Waals surface area (Å²) in [5.41, 5.74) is 6.78. The van der Waals surface area contributed by atoms with E-state index in [1.54, 1.807) is 24.3 Å². The van der Waals surface area contributed by atoms with Crippen LogP contribution in [0, 0.1) is 6.92 Å². The largest absolute Gasteiger partial charge is 0.326 e. The van der Waals surface area contributed by atoms with Gasteiger partial charge < -0.3 is 5.73 Å². The minimum atomic E-state index is -3.61. The molecule has 7 heteroatoms. The first-order valence-corrected chi connectivity index (χ1v) is 8.18. The summed E-state index contributed by atoms with van der Waals surface area (Å²) in [6, 6.07) is 8.42. The molecule has 102 valence electrons. The third kappa shape index (κ3) is 3.27. The molecule has 0 unspecified atom stereocenters. The lowest BCUT2D eigenvalue weighted by atomic mass is 10.2. The first kappa shape index (κ1) is 14.3. The molecule has 2 rings (SSSR count). The zero-order valence-electron chi connectivity index (χ0n) is 10.2. The van der Waals surface area contributed by atoms with Crippen molar-refractivity contribution in [1.82, 2.24) is 0 Å². The van der Waals surface area contributed by atoms with Gasteiger partial charge in [0.2, 0.25) is 0 Å². The molecule has 0 amide bonds. The van der Waals surface area contributed by atoms with Crippen LogP contribution < -0.4 is 10.5 Å². The third-order valence-corrected chi connectivity index (χ3v) is 5.76. The number of thiophene rings is 1. The van der Waals surface area contributed by atoms with E-state index in [1.165, 1.54) is 0 Å². The zero-order chi connectivity index (χ0) is 14.0. The van der Waals surface area contributed by atoms with E-state index in [0.29, 0.717) is 17.3 Å². The van der Waals surface area contributed by atoms with Crippen molar-refractivity contribution < 1.29 is 8.42 Å². The molecule has 0 aliphatic carbocycles. The van der Waals surface area contributed by atoms with Gasteiger partial charge in [-0.15, -0.1) is 11.3 Å². The van der Waals surface area contributed by atoms with E-state index in [9.17, 15) is 8.42 Å². The number of halogens is 1. The molecule has 0 aliphatic rings. The second-order valence-electron chi connectivity index (χ2n) is 4.01. The molecule has 0 radical (unpaired) electrons. The van der Waals surface area contributed by atoms with E-state index >= 15 is 0 Å². The van der Waals surface area contributed by atoms with Gasteiger partial charge >= 0.3 is 0 Å². The Balaban J connectivity index is 2.33. The second kappa shape index (κ2) is 5.50. The highest BCUT2D eigenvalue weighted by Gasteiger charge is 2.18. The number of nitrogens with one attached hydrogen (secondary N) is 1. The SMILES string of the molecule is Cc1ccc(Cl)c(NS(=O)(=O)c2ccc(CN)s2)c1. The maximum Gasteiger partial charge on any atom is 0.271 e. The fourth-order valence-electron chi connectivity index (χ4n) is 1.52. The van der Waals surface area contributed by atoms with Gasteiger partial charge in [-0.05, 0) is 36.8 Å². The minimum Gasteiger partial charge on any atom is -0.326 e. The van der Waals surface area contributed by atoms with Gasteiger partial charge in [0.05, 0.1) is 10.7 Å². The van der Waals surface area contributed by atoms with Gasteiger partial charge in [-0.2, -0.15) is 0 Å². The van der Waals surface area contributed by atoms with E-state index in [-0.39, 0.29) is 4.21 Å². The van der Waals surface area contributed by atoms with Crippen LogP contribution in [0.1, 0.15) is 10.4 Å². The Bertz CT molecular complexity index is 696. The predicted molar refractivity (Wildman–Crippen MR) is 79.2 cm³/mol. The number of anilines is 1. The molecule has 4 nitrogen and oxygen atoms in total. The van der Waals surface area contributed by atoms with Crippen molar-refractivity contribution in [1.29, 1.82) is 0 Å². The Kier molecular flexibility index (Phi) is 4.15. The monoisotopic (exact) mass is 316 g/mol. The Morgan fingerprint density at radius 1 is 1.32 bits per heavy atom. The highest BCUT2D eigenvalue weighted by atomic mass is 35.5. The zero-order valence-corrected chi connectivity index (χ0v) is 12.6. The van der Waals surface area contributed by atoms with Crippen molar-refractivity contribution in [2.75, 3.05) is 4.72 Å². The van der Waals surface area contributed by atoms with Crippen molar-refractivity contribution in [3.05, 3.63) is 45.8 Å². The molecular weight excluding hydrogens is 304 g/mol. The van der Waals surface area contributed by atoms with Crippen molar-refractivity contribution in [2.24, 2.45) is 5.73 Å². The molecule has 2 aromatic rings. The molecule has 0 bridgehead atoms. The summed E-state index contributed by atoms with van der Waals surface area (Å²) in [6.07, 6.45) is 0. The topological polar surface area (TPSA) is 72.2 Å². The molecule has 0 spiro atoms. The van der Waals surface area contributed by atoms with E-state index in [0.717, 1.165) is 21.8 Å². The van der Waals surface area contributed by atoms with Crippen LogP contribution in [-0.2, 0) is 16.6 Å². The Morgan fingerprint density at radius 3 is 2.68 bits per heavy atom. The number of sulfonamides is 1. The lowest BCUT2D eigenvalue weighted by molar-refractivity contribution is 0.603. The van der Waals surface area contributed by atoms with Crippen LogP contribution in [0.4, 0.5) is 5.69 Å². The molecule has 1 heterocycles. The summed E-state index contributed by atoms with van der Waals surface area (Å²) in [6.45, 7) is 2.19. The van der Waals surface area contributed by atoms with Crippen LogP contribution in [-0.4, -0.2) is 8.42 Å². The van der Waals surface area contributed by atoms with Crippen LogP contribution in [0.25, 0.3) is 0 Å². The second-order valence-corrected chi connectivity index (χ2v) is 7.50. The quantitative estimate of drug-likeness (QED) is 0.911. The number of rotatable bonds is 4. The fraction of sp³-hybridized carbons (Fsp3) is 0.167. The average molecular weight is 317 g/mol. The number of aryl methyl sites for hydroxylation is 1. The maximum absolute atomic E-state index is 12.2. The summed E-state index contributed by atoms with van der Waals surface area (Å²) in [5.74, 6) is 0. The number of hydrogen-bond donors (Lipinski definition) is 2. The van der Waals surface area contributed by atoms with Crippen LogP contribution in [0.2, 0.25) is 5.02 Å². The van der Waals surface area contributed by atoms with Crippen LogP contribution in [0.15, 0.2) is 34.5 Å². The van der Waals surface area contributed by atoms with Crippen LogP contribution >= 0.6 is 22.9 Å². The third-order valence-electron chi connectivity index (χ3n) is 2.47. The summed E-state index contributed by atoms with van der Waals surface area (Å²) < 4.78 is 27.1. The van der Waals surface area contributed by atoms with Gasteiger partial charge in [0, 0.05) is 11.4 Å². The molecule has 0 fully saturated rings. The Hall–Kier alpha value is -1.08. The Labute approximate surface area is 121 Å². The summed E-state index contributed by atoms with van der Waals surface area (Å²) in [5, 5.41) is 0.366. The maximum atomic E-state index is 12.2. The molecule has 1 aromatic heterocycles. The normalized spacial score (nSPS) is 11.5. The lowest BCUT2D eigenvalue weighted by Gasteiger charge is -2.08. The highest BCUT2D eigenvalue weighted by Crippen LogP contribution is 2.28. The van der Waals surface area contributed by atoms with E-state index in [2.05, 4.69) is 4.72 Å². The van der Waals surface area contributed by atoms with Crippen molar-refractivity contribution in [3.63, 3.8) is 0 Å². The first-order chi connectivity index (χ1) is 8.92. The summed E-state index contributed by atoms with van der Waals surface area (Å²) >= 11 is 7.13. The molecule has 19 heavy (non-hydrogen) atoms. The smallest absolute Gasteiger partial charge is 0.271 e. The Morgan fingerprint density at radius 2 is 2.05 bits per heavy atom. The molecule has 3 N–H and O–H groups in total. The van der Waals surface area contributed by atoms with Crippen molar-refractivity contribution >= 4 is 38.6 Å². The van der Waals surface area contributed by atoms with Crippen molar-refractivity contribution in [2.45, 2.75) is 17.7 Å². The van der Waals surface area contributed by atoms with Gasteiger partial charge in [-0.3, -0.25) is 4.72 Å². The van der Waals surface area contributed by atoms with E-state index < -0.39 is 10.0 Å². The van der Waals surface area contributed by atoms with E-state index in [1.807, 2.05) is 13.0 Å². The number of hydrogen-bond acceptors (Lipinski definition) is 4. The number of nitrogens with two attached hydrogens (primary N) is 1. The van der Waals surface area contributed by atoms with Gasteiger partial charge in [-0.25, -0.2) is 8.42 Å². The highest BCUT2D eigenvalue weighted by molar-refractivity contribution is 7.94. The summed E-state index contributed by atoms with van der Waals surface area (Å²) in [4.78, 5) is 0.815. The average Bonchev–Trinajstić information content (AvgIpc) is 2.83. The molecule has 0 atom stereocenters. The molecular formula is C12H13ClN2O2S2. The fourth-order valence-corrected chi connectivity index (χ4v) is 4.05. The molecule has 0 saturated heterocycles. The standard InChI is InChI=1S/C12H13ClN2O2S2/c1-8-2-4-10(13)11(6-8)15-19(16,17)12-5-3-9(7-14)18-12/h2-6,15H,7,14H2,1H3. The van der Waals surface area contributed by atoms with Gasteiger partial charge in [-0.1, -0.05) is 17.7 Å². The first-order valence-electron chi connectivity index (χ1n) is 5.50. The predicted octanol–water partition coefficient (Wildman–Crippen LogP) is 2.97. The molecule has 0 saturated carbocycles. The molecule has 0 aliphatic heterocycles. The van der Waals surface area contributed by atoms with Crippen LogP contribution in [0.3, 0.4) is 0 Å². The van der Waals surface area contributed by atoms with Crippen molar-refractivity contribution in [3.8, 4) is 0 Å². The molecule has 1 aromatic carbocycles.